The number of hydrogen-bond donors (Lipinski definition) is 1. The normalized spacial score (nSPS) is 13.4. The third-order valence-corrected chi connectivity index (χ3v) is 5.54. The van der Waals surface area contributed by atoms with Gasteiger partial charge in [0.2, 0.25) is 0 Å². The van der Waals surface area contributed by atoms with Crippen LogP contribution in [-0.4, -0.2) is 6.54 Å². The Bertz CT molecular complexity index is 583. The van der Waals surface area contributed by atoms with Crippen molar-refractivity contribution in [1.29, 1.82) is 0 Å². The van der Waals surface area contributed by atoms with Crippen LogP contribution in [0.3, 0.4) is 0 Å². The van der Waals surface area contributed by atoms with Gasteiger partial charge in [0.05, 0.1) is 0 Å². The zero-order valence-electron chi connectivity index (χ0n) is 13.2. The summed E-state index contributed by atoms with van der Waals surface area (Å²) in [6, 6.07) is 13.0. The summed E-state index contributed by atoms with van der Waals surface area (Å²) >= 11 is 8.22. The Balaban J connectivity index is 2.23. The fraction of sp³-hybridized carbons (Fsp3) is 0.444. The van der Waals surface area contributed by atoms with Crippen LogP contribution >= 0.6 is 22.9 Å². The van der Waals surface area contributed by atoms with E-state index in [1.54, 1.807) is 0 Å². The lowest BCUT2D eigenvalue weighted by molar-refractivity contribution is 0.558. The molecule has 0 saturated carbocycles. The van der Waals surface area contributed by atoms with Crippen molar-refractivity contribution in [3.8, 4) is 0 Å². The van der Waals surface area contributed by atoms with E-state index in [0.717, 1.165) is 18.0 Å². The topological polar surface area (TPSA) is 12.0 Å². The molecule has 0 aliphatic rings. The van der Waals surface area contributed by atoms with Crippen molar-refractivity contribution in [2.45, 2.75) is 45.6 Å². The minimum absolute atomic E-state index is 0.212. The second kappa shape index (κ2) is 6.95. The Hall–Kier alpha value is -0.830. The van der Waals surface area contributed by atoms with Gasteiger partial charge >= 0.3 is 0 Å². The highest BCUT2D eigenvalue weighted by atomic mass is 35.5. The summed E-state index contributed by atoms with van der Waals surface area (Å²) < 4.78 is 0. The molecule has 0 fully saturated rings. The van der Waals surface area contributed by atoms with Crippen molar-refractivity contribution >= 4 is 22.9 Å². The summed E-state index contributed by atoms with van der Waals surface area (Å²) in [5.41, 5.74) is 1.42. The first kappa shape index (κ1) is 16.5. The molecule has 0 bridgehead atoms. The molecule has 0 aliphatic heterocycles. The third-order valence-electron chi connectivity index (χ3n) is 3.54. The molecule has 114 valence electrons. The first-order chi connectivity index (χ1) is 9.91. The molecular formula is C18H24ClNS. The van der Waals surface area contributed by atoms with Crippen LogP contribution in [0, 0.1) is 0 Å². The molecule has 0 spiro atoms. The lowest BCUT2D eigenvalue weighted by Crippen LogP contribution is -2.22. The maximum absolute atomic E-state index is 6.31. The van der Waals surface area contributed by atoms with Gasteiger partial charge < -0.3 is 5.32 Å². The lowest BCUT2D eigenvalue weighted by Gasteiger charge is -2.19. The number of nitrogens with one attached hydrogen (secondary N) is 1. The summed E-state index contributed by atoms with van der Waals surface area (Å²) in [7, 11) is 0. The molecule has 1 heterocycles. The van der Waals surface area contributed by atoms with E-state index in [9.17, 15) is 0 Å². The first-order valence-electron chi connectivity index (χ1n) is 7.49. The smallest absolute Gasteiger partial charge is 0.0456 e. The summed E-state index contributed by atoms with van der Waals surface area (Å²) in [4.78, 5) is 2.82. The monoisotopic (exact) mass is 321 g/mol. The Kier molecular flexibility index (Phi) is 5.48. The average molecular weight is 322 g/mol. The van der Waals surface area contributed by atoms with Gasteiger partial charge in [0, 0.05) is 20.8 Å². The molecule has 1 atom stereocenters. The van der Waals surface area contributed by atoms with Gasteiger partial charge in [-0.15, -0.1) is 11.3 Å². The standard InChI is InChI=1S/C18H24ClNS/c1-5-20-15(12-13-8-6-7-9-14(13)19)16-10-11-17(21-16)18(2,3)4/h6-11,15,20H,5,12H2,1-4H3. The van der Waals surface area contributed by atoms with Crippen LogP contribution in [0.5, 0.6) is 0 Å². The first-order valence-corrected chi connectivity index (χ1v) is 8.68. The quantitative estimate of drug-likeness (QED) is 0.756. The summed E-state index contributed by atoms with van der Waals surface area (Å²) in [5.74, 6) is 0. The lowest BCUT2D eigenvalue weighted by atomic mass is 9.95. The number of hydrogen-bond acceptors (Lipinski definition) is 2. The Morgan fingerprint density at radius 1 is 1.14 bits per heavy atom. The van der Waals surface area contributed by atoms with Crippen molar-refractivity contribution in [2.24, 2.45) is 0 Å². The summed E-state index contributed by atoms with van der Waals surface area (Å²) in [5, 5.41) is 4.45. The SMILES string of the molecule is CCNC(Cc1ccccc1Cl)c1ccc(C(C)(C)C)s1. The van der Waals surface area contributed by atoms with E-state index in [1.807, 2.05) is 23.5 Å². The highest BCUT2D eigenvalue weighted by molar-refractivity contribution is 7.12. The van der Waals surface area contributed by atoms with Crippen LogP contribution in [-0.2, 0) is 11.8 Å². The van der Waals surface area contributed by atoms with E-state index in [0.29, 0.717) is 6.04 Å². The van der Waals surface area contributed by atoms with Crippen molar-refractivity contribution in [2.75, 3.05) is 6.54 Å². The summed E-state index contributed by atoms with van der Waals surface area (Å²) in [6.45, 7) is 9.90. The zero-order chi connectivity index (χ0) is 15.5. The second-order valence-corrected chi connectivity index (χ2v) is 7.88. The second-order valence-electron chi connectivity index (χ2n) is 6.36. The molecule has 21 heavy (non-hydrogen) atoms. The van der Waals surface area contributed by atoms with E-state index in [1.165, 1.54) is 15.3 Å². The Morgan fingerprint density at radius 3 is 2.43 bits per heavy atom. The van der Waals surface area contributed by atoms with Crippen LogP contribution in [0.1, 0.15) is 49.1 Å². The minimum atomic E-state index is 0.212. The van der Waals surface area contributed by atoms with Gasteiger partial charge in [-0.1, -0.05) is 57.5 Å². The largest absolute Gasteiger partial charge is 0.309 e. The number of rotatable bonds is 5. The average Bonchev–Trinajstić information content (AvgIpc) is 2.90. The molecule has 1 N–H and O–H groups in total. The predicted molar refractivity (Wildman–Crippen MR) is 94.6 cm³/mol. The molecule has 1 nitrogen and oxygen atoms in total. The fourth-order valence-corrected chi connectivity index (χ4v) is 3.70. The third kappa shape index (κ3) is 4.32. The van der Waals surface area contributed by atoms with Gasteiger partial charge in [0.1, 0.15) is 0 Å². The van der Waals surface area contributed by atoms with E-state index in [4.69, 9.17) is 11.6 Å². The fourth-order valence-electron chi connectivity index (χ4n) is 2.35. The van der Waals surface area contributed by atoms with Crippen molar-refractivity contribution in [3.05, 3.63) is 56.7 Å². The zero-order valence-corrected chi connectivity index (χ0v) is 14.8. The van der Waals surface area contributed by atoms with E-state index in [-0.39, 0.29) is 5.41 Å². The van der Waals surface area contributed by atoms with Crippen molar-refractivity contribution < 1.29 is 0 Å². The van der Waals surface area contributed by atoms with Gasteiger partial charge in [0.15, 0.2) is 0 Å². The number of halogens is 1. The molecule has 0 aliphatic carbocycles. The van der Waals surface area contributed by atoms with Gasteiger partial charge in [-0.2, -0.15) is 0 Å². The predicted octanol–water partition coefficient (Wildman–Crippen LogP) is 5.59. The van der Waals surface area contributed by atoms with Crippen LogP contribution in [0.25, 0.3) is 0 Å². The maximum atomic E-state index is 6.31. The van der Waals surface area contributed by atoms with Crippen LogP contribution in [0.4, 0.5) is 0 Å². The van der Waals surface area contributed by atoms with Gasteiger partial charge in [-0.05, 0) is 42.1 Å². The van der Waals surface area contributed by atoms with E-state index < -0.39 is 0 Å². The van der Waals surface area contributed by atoms with Crippen LogP contribution in [0.15, 0.2) is 36.4 Å². The molecule has 0 radical (unpaired) electrons. The van der Waals surface area contributed by atoms with Gasteiger partial charge in [-0.3, -0.25) is 0 Å². The number of likely N-dealkylation sites (N-methyl/N-ethyl adjacent to an activating group) is 1. The highest BCUT2D eigenvalue weighted by Crippen LogP contribution is 2.34. The van der Waals surface area contributed by atoms with Crippen LogP contribution < -0.4 is 5.32 Å². The van der Waals surface area contributed by atoms with E-state index >= 15 is 0 Å². The molecule has 2 aromatic rings. The van der Waals surface area contributed by atoms with Crippen molar-refractivity contribution in [1.82, 2.24) is 5.32 Å². The van der Waals surface area contributed by atoms with Crippen molar-refractivity contribution in [3.63, 3.8) is 0 Å². The minimum Gasteiger partial charge on any atom is -0.309 e. The van der Waals surface area contributed by atoms with Gasteiger partial charge in [0.25, 0.3) is 0 Å². The molecule has 0 saturated heterocycles. The molecule has 1 aromatic heterocycles. The molecule has 1 unspecified atom stereocenters. The Labute approximate surface area is 137 Å². The number of benzene rings is 1. The van der Waals surface area contributed by atoms with Gasteiger partial charge in [-0.25, -0.2) is 0 Å². The molecule has 2 rings (SSSR count). The van der Waals surface area contributed by atoms with Crippen LogP contribution in [0.2, 0.25) is 5.02 Å². The maximum Gasteiger partial charge on any atom is 0.0456 e. The molecule has 0 amide bonds. The van der Waals surface area contributed by atoms with E-state index in [2.05, 4.69) is 57.3 Å². The molecule has 1 aromatic carbocycles. The number of thiophene rings is 1. The highest BCUT2D eigenvalue weighted by Gasteiger charge is 2.20. The molecular weight excluding hydrogens is 298 g/mol. The summed E-state index contributed by atoms with van der Waals surface area (Å²) in [6.07, 6.45) is 0.928. The molecule has 3 heteroatoms. The Morgan fingerprint density at radius 2 is 1.86 bits per heavy atom.